The second kappa shape index (κ2) is 7.93. The van der Waals surface area contributed by atoms with Gasteiger partial charge in [-0.15, -0.1) is 0 Å². The van der Waals surface area contributed by atoms with Gasteiger partial charge in [-0.05, 0) is 36.4 Å². The Bertz CT molecular complexity index is 814. The Morgan fingerprint density at radius 1 is 1.00 bits per heavy atom. The number of hydrogen-bond acceptors (Lipinski definition) is 4. The van der Waals surface area contributed by atoms with Crippen molar-refractivity contribution in [3.8, 4) is 5.75 Å². The first kappa shape index (κ1) is 18.5. The van der Waals surface area contributed by atoms with Gasteiger partial charge in [-0.25, -0.2) is 8.42 Å². The summed E-state index contributed by atoms with van der Waals surface area (Å²) in [5.74, 6) is 0.539. The van der Waals surface area contributed by atoms with E-state index in [4.69, 9.17) is 32.7 Å². The average molecular weight is 402 g/mol. The van der Waals surface area contributed by atoms with E-state index in [9.17, 15) is 8.42 Å². The minimum absolute atomic E-state index is 0.202. The molecule has 5 nitrogen and oxygen atoms in total. The molecule has 1 saturated heterocycles. The maximum absolute atomic E-state index is 12.6. The lowest BCUT2D eigenvalue weighted by Crippen LogP contribution is -2.40. The van der Waals surface area contributed by atoms with Crippen LogP contribution in [-0.2, 0) is 21.4 Å². The van der Waals surface area contributed by atoms with Crippen molar-refractivity contribution in [2.75, 3.05) is 26.3 Å². The minimum Gasteiger partial charge on any atom is -0.489 e. The predicted molar refractivity (Wildman–Crippen MR) is 96.8 cm³/mol. The number of morpholine rings is 1. The standard InChI is InChI=1S/C17H17Cl2NO4S/c18-16-2-1-3-17(19)15(16)12-24-13-4-6-14(7-5-13)25(21,22)20-8-10-23-11-9-20/h1-7H,8-12H2. The van der Waals surface area contributed by atoms with Gasteiger partial charge in [-0.1, -0.05) is 29.3 Å². The van der Waals surface area contributed by atoms with E-state index in [0.717, 1.165) is 0 Å². The Balaban J connectivity index is 1.70. The van der Waals surface area contributed by atoms with E-state index in [1.807, 2.05) is 0 Å². The molecule has 2 aromatic rings. The molecule has 3 rings (SSSR count). The molecule has 1 aliphatic heterocycles. The predicted octanol–water partition coefficient (Wildman–Crippen LogP) is 3.59. The van der Waals surface area contributed by atoms with Crippen molar-refractivity contribution in [2.45, 2.75) is 11.5 Å². The SMILES string of the molecule is O=S(=O)(c1ccc(OCc2c(Cl)cccc2Cl)cc1)N1CCOCC1. The van der Waals surface area contributed by atoms with Crippen LogP contribution in [0.3, 0.4) is 0 Å². The third-order valence-corrected chi connectivity index (χ3v) is 6.50. The van der Waals surface area contributed by atoms with E-state index < -0.39 is 10.0 Å². The number of nitrogens with zero attached hydrogens (tertiary/aromatic N) is 1. The minimum atomic E-state index is -3.50. The number of ether oxygens (including phenoxy) is 2. The zero-order valence-electron chi connectivity index (χ0n) is 13.3. The van der Waals surface area contributed by atoms with Crippen LogP contribution in [0.15, 0.2) is 47.4 Å². The highest BCUT2D eigenvalue weighted by Gasteiger charge is 2.26. The quantitative estimate of drug-likeness (QED) is 0.767. The third kappa shape index (κ3) is 4.27. The van der Waals surface area contributed by atoms with Gasteiger partial charge in [0.2, 0.25) is 10.0 Å². The molecule has 0 radical (unpaired) electrons. The Morgan fingerprint density at radius 2 is 1.60 bits per heavy atom. The molecule has 134 valence electrons. The van der Waals surface area contributed by atoms with Crippen LogP contribution in [0.25, 0.3) is 0 Å². The van der Waals surface area contributed by atoms with Crippen LogP contribution >= 0.6 is 23.2 Å². The fraction of sp³-hybridized carbons (Fsp3) is 0.294. The molecular formula is C17H17Cl2NO4S. The number of rotatable bonds is 5. The molecule has 1 heterocycles. The third-order valence-electron chi connectivity index (χ3n) is 3.88. The molecule has 8 heteroatoms. The second-order valence-electron chi connectivity index (χ2n) is 5.48. The van der Waals surface area contributed by atoms with Gasteiger partial charge in [-0.3, -0.25) is 0 Å². The molecule has 0 amide bonds. The highest BCUT2D eigenvalue weighted by atomic mass is 35.5. The summed E-state index contributed by atoms with van der Waals surface area (Å²) in [5, 5.41) is 1.05. The van der Waals surface area contributed by atoms with Crippen LogP contribution < -0.4 is 4.74 Å². The van der Waals surface area contributed by atoms with E-state index in [1.54, 1.807) is 30.3 Å². The monoisotopic (exact) mass is 401 g/mol. The molecule has 0 unspecified atom stereocenters. The first-order valence-corrected chi connectivity index (χ1v) is 9.92. The lowest BCUT2D eigenvalue weighted by molar-refractivity contribution is 0.0730. The number of benzene rings is 2. The van der Waals surface area contributed by atoms with E-state index in [0.29, 0.717) is 47.7 Å². The maximum atomic E-state index is 12.6. The van der Waals surface area contributed by atoms with Crippen LogP contribution in [0.5, 0.6) is 5.75 Å². The Morgan fingerprint density at radius 3 is 2.20 bits per heavy atom. The fourth-order valence-corrected chi connectivity index (χ4v) is 4.38. The van der Waals surface area contributed by atoms with Crippen molar-refractivity contribution >= 4 is 33.2 Å². The smallest absolute Gasteiger partial charge is 0.243 e. The fourth-order valence-electron chi connectivity index (χ4n) is 2.47. The zero-order chi connectivity index (χ0) is 17.9. The molecule has 2 aromatic carbocycles. The van der Waals surface area contributed by atoms with E-state index in [1.165, 1.54) is 16.4 Å². The molecule has 0 spiro atoms. The van der Waals surface area contributed by atoms with E-state index >= 15 is 0 Å². The summed E-state index contributed by atoms with van der Waals surface area (Å²) in [6.07, 6.45) is 0. The highest BCUT2D eigenvalue weighted by Crippen LogP contribution is 2.26. The van der Waals surface area contributed by atoms with Gasteiger partial charge < -0.3 is 9.47 Å². The molecule has 1 aliphatic rings. The molecule has 0 aliphatic carbocycles. The topological polar surface area (TPSA) is 55.8 Å². The van der Waals surface area contributed by atoms with Crippen LogP contribution in [0.4, 0.5) is 0 Å². The van der Waals surface area contributed by atoms with Crippen molar-refractivity contribution < 1.29 is 17.9 Å². The van der Waals surface area contributed by atoms with Crippen LogP contribution in [0.2, 0.25) is 10.0 Å². The summed E-state index contributed by atoms with van der Waals surface area (Å²) in [6, 6.07) is 11.6. The van der Waals surface area contributed by atoms with Crippen molar-refractivity contribution in [3.63, 3.8) is 0 Å². The maximum Gasteiger partial charge on any atom is 0.243 e. The van der Waals surface area contributed by atoms with E-state index in [-0.39, 0.29) is 11.5 Å². The van der Waals surface area contributed by atoms with Gasteiger partial charge in [0.05, 0.1) is 18.1 Å². The first-order chi connectivity index (χ1) is 12.0. The second-order valence-corrected chi connectivity index (χ2v) is 8.23. The van der Waals surface area contributed by atoms with Crippen molar-refractivity contribution in [2.24, 2.45) is 0 Å². The Labute approximate surface area is 157 Å². The largest absolute Gasteiger partial charge is 0.489 e. The molecule has 0 atom stereocenters. The van der Waals surface area contributed by atoms with Crippen molar-refractivity contribution in [3.05, 3.63) is 58.1 Å². The lowest BCUT2D eigenvalue weighted by atomic mass is 10.2. The molecule has 0 N–H and O–H groups in total. The average Bonchev–Trinajstić information content (AvgIpc) is 2.62. The van der Waals surface area contributed by atoms with Crippen LogP contribution in [0, 0.1) is 0 Å². The summed E-state index contributed by atoms with van der Waals surface area (Å²) in [4.78, 5) is 0.234. The molecule has 1 fully saturated rings. The molecule has 0 aromatic heterocycles. The summed E-state index contributed by atoms with van der Waals surface area (Å²) in [5.41, 5.74) is 0.691. The van der Waals surface area contributed by atoms with Gasteiger partial charge in [0.25, 0.3) is 0 Å². The van der Waals surface area contributed by atoms with Crippen molar-refractivity contribution in [1.82, 2.24) is 4.31 Å². The van der Waals surface area contributed by atoms with Crippen LogP contribution in [-0.4, -0.2) is 39.0 Å². The van der Waals surface area contributed by atoms with E-state index in [2.05, 4.69) is 0 Å². The highest BCUT2D eigenvalue weighted by molar-refractivity contribution is 7.89. The summed E-state index contributed by atoms with van der Waals surface area (Å²) < 4.78 is 37.4. The normalized spacial score (nSPS) is 15.9. The Hall–Kier alpha value is -1.31. The van der Waals surface area contributed by atoms with Gasteiger partial charge >= 0.3 is 0 Å². The number of hydrogen-bond donors (Lipinski definition) is 0. The van der Waals surface area contributed by atoms with Crippen LogP contribution in [0.1, 0.15) is 5.56 Å². The number of halogens is 2. The van der Waals surface area contributed by atoms with Crippen molar-refractivity contribution in [1.29, 1.82) is 0 Å². The van der Waals surface area contributed by atoms with Gasteiger partial charge in [0.15, 0.2) is 0 Å². The zero-order valence-corrected chi connectivity index (χ0v) is 15.6. The first-order valence-electron chi connectivity index (χ1n) is 7.72. The molecular weight excluding hydrogens is 385 g/mol. The van der Waals surface area contributed by atoms with Gasteiger partial charge in [0.1, 0.15) is 12.4 Å². The summed E-state index contributed by atoms with van der Waals surface area (Å²) in [6.45, 7) is 1.77. The summed E-state index contributed by atoms with van der Waals surface area (Å²) in [7, 11) is -3.50. The molecule has 0 saturated carbocycles. The van der Waals surface area contributed by atoms with Gasteiger partial charge in [-0.2, -0.15) is 4.31 Å². The lowest BCUT2D eigenvalue weighted by Gasteiger charge is -2.26. The summed E-state index contributed by atoms with van der Waals surface area (Å²) >= 11 is 12.2. The van der Waals surface area contributed by atoms with Gasteiger partial charge in [0, 0.05) is 28.7 Å². The molecule has 25 heavy (non-hydrogen) atoms. The number of sulfonamides is 1. The Kier molecular flexibility index (Phi) is 5.86. The molecule has 0 bridgehead atoms.